The highest BCUT2D eigenvalue weighted by molar-refractivity contribution is 4.58. The SMILES string of the molecule is COCC(O)CNCCCCCCC(C)C. The van der Waals surface area contributed by atoms with Crippen LogP contribution in [-0.2, 0) is 4.74 Å². The van der Waals surface area contributed by atoms with Gasteiger partial charge in [-0.2, -0.15) is 0 Å². The third-order valence-corrected chi connectivity index (χ3v) is 2.62. The number of methoxy groups -OCH3 is 1. The van der Waals surface area contributed by atoms with Crippen LogP contribution in [0, 0.1) is 5.92 Å². The van der Waals surface area contributed by atoms with E-state index in [-0.39, 0.29) is 6.10 Å². The highest BCUT2D eigenvalue weighted by Crippen LogP contribution is 2.08. The highest BCUT2D eigenvalue weighted by atomic mass is 16.5. The second-order valence-electron chi connectivity index (χ2n) is 4.91. The average Bonchev–Trinajstić information content (AvgIpc) is 2.22. The molecule has 0 bridgehead atoms. The molecule has 98 valence electrons. The number of rotatable bonds is 11. The summed E-state index contributed by atoms with van der Waals surface area (Å²) in [6.45, 7) is 6.61. The van der Waals surface area contributed by atoms with Gasteiger partial charge in [0.1, 0.15) is 0 Å². The summed E-state index contributed by atoms with van der Waals surface area (Å²) in [5, 5.41) is 12.6. The lowest BCUT2D eigenvalue weighted by Crippen LogP contribution is -2.30. The first-order valence-electron chi connectivity index (χ1n) is 6.54. The first-order valence-corrected chi connectivity index (χ1v) is 6.54. The molecule has 0 rings (SSSR count). The summed E-state index contributed by atoms with van der Waals surface area (Å²) in [5.41, 5.74) is 0. The van der Waals surface area contributed by atoms with Crippen LogP contribution in [0.25, 0.3) is 0 Å². The van der Waals surface area contributed by atoms with Crippen molar-refractivity contribution in [3.8, 4) is 0 Å². The Morgan fingerprint density at radius 3 is 2.44 bits per heavy atom. The fourth-order valence-electron chi connectivity index (χ4n) is 1.68. The van der Waals surface area contributed by atoms with E-state index in [4.69, 9.17) is 4.74 Å². The molecule has 0 heterocycles. The van der Waals surface area contributed by atoms with E-state index >= 15 is 0 Å². The van der Waals surface area contributed by atoms with Gasteiger partial charge in [-0.15, -0.1) is 0 Å². The van der Waals surface area contributed by atoms with Crippen LogP contribution in [0.3, 0.4) is 0 Å². The smallest absolute Gasteiger partial charge is 0.0897 e. The van der Waals surface area contributed by atoms with Crippen molar-refractivity contribution in [2.75, 3.05) is 26.8 Å². The van der Waals surface area contributed by atoms with E-state index in [1.807, 2.05) is 0 Å². The van der Waals surface area contributed by atoms with Crippen LogP contribution in [0.4, 0.5) is 0 Å². The zero-order valence-electron chi connectivity index (χ0n) is 11.2. The molecule has 3 nitrogen and oxygen atoms in total. The van der Waals surface area contributed by atoms with Gasteiger partial charge in [-0.05, 0) is 18.9 Å². The first-order chi connectivity index (χ1) is 7.66. The molecule has 2 N–H and O–H groups in total. The Hall–Kier alpha value is -0.120. The molecule has 0 fully saturated rings. The molecule has 0 aliphatic carbocycles. The Kier molecular flexibility index (Phi) is 11.3. The van der Waals surface area contributed by atoms with Crippen molar-refractivity contribution in [2.24, 2.45) is 5.92 Å². The lowest BCUT2D eigenvalue weighted by Gasteiger charge is -2.10. The van der Waals surface area contributed by atoms with Gasteiger partial charge in [0.2, 0.25) is 0 Å². The van der Waals surface area contributed by atoms with E-state index in [9.17, 15) is 5.11 Å². The van der Waals surface area contributed by atoms with Crippen LogP contribution in [-0.4, -0.2) is 38.0 Å². The molecule has 0 aromatic heterocycles. The lowest BCUT2D eigenvalue weighted by molar-refractivity contribution is 0.0646. The van der Waals surface area contributed by atoms with Gasteiger partial charge in [-0.1, -0.05) is 39.5 Å². The fraction of sp³-hybridized carbons (Fsp3) is 1.00. The van der Waals surface area contributed by atoms with Crippen LogP contribution >= 0.6 is 0 Å². The summed E-state index contributed by atoms with van der Waals surface area (Å²) in [5.74, 6) is 0.835. The van der Waals surface area contributed by atoms with Gasteiger partial charge >= 0.3 is 0 Å². The van der Waals surface area contributed by atoms with Crippen molar-refractivity contribution in [1.29, 1.82) is 0 Å². The lowest BCUT2D eigenvalue weighted by atomic mass is 10.0. The number of ether oxygens (including phenoxy) is 1. The van der Waals surface area contributed by atoms with E-state index in [0.717, 1.165) is 12.5 Å². The number of hydrogen-bond donors (Lipinski definition) is 2. The maximum absolute atomic E-state index is 9.36. The third-order valence-electron chi connectivity index (χ3n) is 2.62. The molecule has 0 aromatic rings. The quantitative estimate of drug-likeness (QED) is 0.536. The van der Waals surface area contributed by atoms with E-state index in [2.05, 4.69) is 19.2 Å². The van der Waals surface area contributed by atoms with Crippen LogP contribution < -0.4 is 5.32 Å². The summed E-state index contributed by atoms with van der Waals surface area (Å²) in [6.07, 6.45) is 6.16. The van der Waals surface area contributed by atoms with Crippen molar-refractivity contribution < 1.29 is 9.84 Å². The van der Waals surface area contributed by atoms with Crippen LogP contribution in [0.15, 0.2) is 0 Å². The molecule has 0 saturated heterocycles. The van der Waals surface area contributed by atoms with Crippen molar-refractivity contribution in [3.05, 3.63) is 0 Å². The van der Waals surface area contributed by atoms with Gasteiger partial charge in [0.25, 0.3) is 0 Å². The van der Waals surface area contributed by atoms with Crippen molar-refractivity contribution in [2.45, 2.75) is 52.1 Å². The Balaban J connectivity index is 3.04. The largest absolute Gasteiger partial charge is 0.389 e. The molecule has 1 atom stereocenters. The molecule has 0 amide bonds. The second kappa shape index (κ2) is 11.4. The maximum Gasteiger partial charge on any atom is 0.0897 e. The standard InChI is InChI=1S/C13H29NO2/c1-12(2)8-6-4-5-7-9-14-10-13(15)11-16-3/h12-15H,4-11H2,1-3H3. The number of unbranched alkanes of at least 4 members (excludes halogenated alkanes) is 3. The minimum Gasteiger partial charge on any atom is -0.389 e. The third kappa shape index (κ3) is 12.0. The zero-order chi connectivity index (χ0) is 12.2. The van der Waals surface area contributed by atoms with Gasteiger partial charge in [-0.25, -0.2) is 0 Å². The molecule has 16 heavy (non-hydrogen) atoms. The molecule has 3 heteroatoms. The number of aliphatic hydroxyl groups is 1. The summed E-state index contributed by atoms with van der Waals surface area (Å²) >= 11 is 0. The normalized spacial score (nSPS) is 13.3. The van der Waals surface area contributed by atoms with Crippen LogP contribution in [0.2, 0.25) is 0 Å². The molecule has 0 aliphatic rings. The molecule has 0 radical (unpaired) electrons. The average molecular weight is 231 g/mol. The van der Waals surface area contributed by atoms with E-state index < -0.39 is 0 Å². The van der Waals surface area contributed by atoms with Gasteiger partial charge in [-0.3, -0.25) is 0 Å². The van der Waals surface area contributed by atoms with Crippen molar-refractivity contribution in [1.82, 2.24) is 5.32 Å². The Labute approximate surface area is 101 Å². The molecule has 0 aliphatic heterocycles. The minimum absolute atomic E-state index is 0.369. The topological polar surface area (TPSA) is 41.5 Å². The molecule has 1 unspecified atom stereocenters. The Morgan fingerprint density at radius 2 is 1.81 bits per heavy atom. The predicted octanol–water partition coefficient (Wildman–Crippen LogP) is 2.19. The van der Waals surface area contributed by atoms with Gasteiger partial charge in [0.15, 0.2) is 0 Å². The van der Waals surface area contributed by atoms with Crippen molar-refractivity contribution >= 4 is 0 Å². The number of aliphatic hydroxyl groups excluding tert-OH is 1. The van der Waals surface area contributed by atoms with Gasteiger partial charge in [0, 0.05) is 13.7 Å². The van der Waals surface area contributed by atoms with Crippen molar-refractivity contribution in [3.63, 3.8) is 0 Å². The monoisotopic (exact) mass is 231 g/mol. The molecule has 0 aromatic carbocycles. The molecular weight excluding hydrogens is 202 g/mol. The summed E-state index contributed by atoms with van der Waals surface area (Å²) in [4.78, 5) is 0. The van der Waals surface area contributed by atoms with Crippen LogP contribution in [0.5, 0.6) is 0 Å². The second-order valence-corrected chi connectivity index (χ2v) is 4.91. The van der Waals surface area contributed by atoms with Gasteiger partial charge in [0.05, 0.1) is 12.7 Å². The van der Waals surface area contributed by atoms with Crippen LogP contribution in [0.1, 0.15) is 46.0 Å². The number of hydrogen-bond acceptors (Lipinski definition) is 3. The summed E-state index contributed by atoms with van der Waals surface area (Å²) in [6, 6.07) is 0. The fourth-order valence-corrected chi connectivity index (χ4v) is 1.68. The van der Waals surface area contributed by atoms with E-state index in [0.29, 0.717) is 13.2 Å². The van der Waals surface area contributed by atoms with E-state index in [1.165, 1.54) is 32.1 Å². The molecular formula is C13H29NO2. The first kappa shape index (κ1) is 15.9. The zero-order valence-corrected chi connectivity index (χ0v) is 11.2. The Morgan fingerprint density at radius 1 is 1.12 bits per heavy atom. The molecule has 0 spiro atoms. The Bertz CT molecular complexity index is 140. The maximum atomic E-state index is 9.36. The summed E-state index contributed by atoms with van der Waals surface area (Å²) < 4.78 is 4.85. The summed E-state index contributed by atoms with van der Waals surface area (Å²) in [7, 11) is 1.61. The van der Waals surface area contributed by atoms with Gasteiger partial charge < -0.3 is 15.2 Å². The minimum atomic E-state index is -0.369. The molecule has 0 saturated carbocycles. The van der Waals surface area contributed by atoms with E-state index in [1.54, 1.807) is 7.11 Å². The number of nitrogens with one attached hydrogen (secondary N) is 1. The highest BCUT2D eigenvalue weighted by Gasteiger charge is 2.01. The predicted molar refractivity (Wildman–Crippen MR) is 68.7 cm³/mol.